The largest absolute Gasteiger partial charge is 0.309 e. The fourth-order valence-electron chi connectivity index (χ4n) is 2.45. The normalized spacial score (nSPS) is 20.6. The van der Waals surface area contributed by atoms with E-state index in [-0.39, 0.29) is 0 Å². The van der Waals surface area contributed by atoms with E-state index in [4.69, 9.17) is 0 Å². The molecule has 0 aromatic carbocycles. The zero-order chi connectivity index (χ0) is 12.3. The smallest absolute Gasteiger partial charge is 0.0605 e. The van der Waals surface area contributed by atoms with Crippen LogP contribution in [0.15, 0.2) is 18.3 Å². The molecule has 3 nitrogen and oxygen atoms in total. The van der Waals surface area contributed by atoms with Gasteiger partial charge < -0.3 is 10.2 Å². The molecule has 0 amide bonds. The first kappa shape index (κ1) is 12.5. The summed E-state index contributed by atoms with van der Waals surface area (Å²) in [4.78, 5) is 6.75. The van der Waals surface area contributed by atoms with Crippen LogP contribution in [0.25, 0.3) is 0 Å². The minimum Gasteiger partial charge on any atom is -0.309 e. The van der Waals surface area contributed by atoms with E-state index in [0.717, 1.165) is 6.54 Å². The first-order valence-corrected chi connectivity index (χ1v) is 6.51. The Kier molecular flexibility index (Phi) is 4.13. The maximum absolute atomic E-state index is 4.52. The molecule has 1 aliphatic rings. The van der Waals surface area contributed by atoms with Gasteiger partial charge in [0.2, 0.25) is 0 Å². The molecular weight excluding hydrogens is 210 g/mol. The minimum absolute atomic E-state index is 0.461. The fourth-order valence-corrected chi connectivity index (χ4v) is 2.45. The summed E-state index contributed by atoms with van der Waals surface area (Å²) in [7, 11) is 4.25. The maximum Gasteiger partial charge on any atom is 0.0605 e. The zero-order valence-electron chi connectivity index (χ0n) is 11.1. The Hall–Kier alpha value is -0.930. The molecule has 1 aromatic rings. The van der Waals surface area contributed by atoms with E-state index in [1.807, 2.05) is 12.3 Å². The molecule has 2 rings (SSSR count). The van der Waals surface area contributed by atoms with E-state index < -0.39 is 0 Å². The van der Waals surface area contributed by atoms with Crippen molar-refractivity contribution in [2.75, 3.05) is 20.6 Å². The number of rotatable bonds is 5. The maximum atomic E-state index is 4.52. The van der Waals surface area contributed by atoms with Crippen molar-refractivity contribution in [3.05, 3.63) is 29.6 Å². The number of pyridine rings is 1. The van der Waals surface area contributed by atoms with E-state index in [1.165, 1.54) is 30.5 Å². The highest BCUT2D eigenvalue weighted by Crippen LogP contribution is 2.29. The molecule has 0 aliphatic heterocycles. The van der Waals surface area contributed by atoms with Crippen LogP contribution >= 0.6 is 0 Å². The van der Waals surface area contributed by atoms with Crippen molar-refractivity contribution in [1.29, 1.82) is 0 Å². The lowest BCUT2D eigenvalue weighted by Crippen LogP contribution is -2.32. The fraction of sp³-hybridized carbons (Fsp3) is 0.643. The highest BCUT2D eigenvalue weighted by molar-refractivity contribution is 5.27. The average molecular weight is 233 g/mol. The van der Waals surface area contributed by atoms with Crippen molar-refractivity contribution in [2.24, 2.45) is 0 Å². The van der Waals surface area contributed by atoms with Crippen LogP contribution in [0.1, 0.15) is 37.1 Å². The second-order valence-corrected chi connectivity index (χ2v) is 5.30. The molecule has 0 saturated carbocycles. The van der Waals surface area contributed by atoms with Gasteiger partial charge in [-0.15, -0.1) is 0 Å². The highest BCUT2D eigenvalue weighted by atomic mass is 15.1. The SMILES string of the molecule is CC(CCN(C)C)NC1CCc2cccnc21. The van der Waals surface area contributed by atoms with Crippen molar-refractivity contribution in [1.82, 2.24) is 15.2 Å². The molecule has 0 bridgehead atoms. The van der Waals surface area contributed by atoms with E-state index in [2.05, 4.69) is 42.3 Å². The third-order valence-corrected chi connectivity index (χ3v) is 3.45. The summed E-state index contributed by atoms with van der Waals surface area (Å²) in [6.07, 6.45) is 5.45. The summed E-state index contributed by atoms with van der Waals surface area (Å²) in [5, 5.41) is 3.70. The van der Waals surface area contributed by atoms with Crippen LogP contribution in [0.2, 0.25) is 0 Å². The first-order valence-electron chi connectivity index (χ1n) is 6.51. The lowest BCUT2D eigenvalue weighted by Gasteiger charge is -2.21. The topological polar surface area (TPSA) is 28.2 Å². The molecule has 94 valence electrons. The summed E-state index contributed by atoms with van der Waals surface area (Å²) >= 11 is 0. The predicted molar refractivity (Wildman–Crippen MR) is 71.1 cm³/mol. The monoisotopic (exact) mass is 233 g/mol. The van der Waals surface area contributed by atoms with Gasteiger partial charge in [0, 0.05) is 12.2 Å². The van der Waals surface area contributed by atoms with Crippen LogP contribution in [-0.4, -0.2) is 36.6 Å². The van der Waals surface area contributed by atoms with Gasteiger partial charge >= 0.3 is 0 Å². The Morgan fingerprint density at radius 3 is 3.12 bits per heavy atom. The van der Waals surface area contributed by atoms with Gasteiger partial charge in [0.05, 0.1) is 11.7 Å². The van der Waals surface area contributed by atoms with Crippen molar-refractivity contribution in [2.45, 2.75) is 38.3 Å². The number of aromatic nitrogens is 1. The number of nitrogens with one attached hydrogen (secondary N) is 1. The molecule has 0 saturated heterocycles. The average Bonchev–Trinajstić information content (AvgIpc) is 2.70. The van der Waals surface area contributed by atoms with Gasteiger partial charge in [0.25, 0.3) is 0 Å². The minimum atomic E-state index is 0.461. The number of aryl methyl sites for hydroxylation is 1. The van der Waals surface area contributed by atoms with E-state index in [1.54, 1.807) is 0 Å². The van der Waals surface area contributed by atoms with Gasteiger partial charge in [0.1, 0.15) is 0 Å². The Balaban J connectivity index is 1.88. The van der Waals surface area contributed by atoms with Gasteiger partial charge in [-0.05, 0) is 58.5 Å². The Labute approximate surface area is 104 Å². The predicted octanol–water partition coefficient (Wildman–Crippen LogP) is 2.00. The molecular formula is C14H23N3. The molecule has 1 heterocycles. The number of fused-ring (bicyclic) bond motifs is 1. The van der Waals surface area contributed by atoms with Gasteiger partial charge in [-0.2, -0.15) is 0 Å². The first-order chi connectivity index (χ1) is 8.16. The summed E-state index contributed by atoms with van der Waals surface area (Å²) in [5.41, 5.74) is 2.69. The lowest BCUT2D eigenvalue weighted by molar-refractivity contribution is 0.348. The molecule has 0 fully saturated rings. The Morgan fingerprint density at radius 1 is 1.53 bits per heavy atom. The molecule has 1 N–H and O–H groups in total. The van der Waals surface area contributed by atoms with Crippen LogP contribution in [0.5, 0.6) is 0 Å². The quantitative estimate of drug-likeness (QED) is 0.843. The van der Waals surface area contributed by atoms with E-state index >= 15 is 0 Å². The molecule has 2 unspecified atom stereocenters. The summed E-state index contributed by atoms with van der Waals surface area (Å²) in [6.45, 7) is 3.40. The van der Waals surface area contributed by atoms with Crippen molar-refractivity contribution in [3.8, 4) is 0 Å². The van der Waals surface area contributed by atoms with Crippen LogP contribution in [-0.2, 0) is 6.42 Å². The van der Waals surface area contributed by atoms with Gasteiger partial charge in [0.15, 0.2) is 0 Å². The Morgan fingerprint density at radius 2 is 2.35 bits per heavy atom. The second-order valence-electron chi connectivity index (χ2n) is 5.30. The van der Waals surface area contributed by atoms with Gasteiger partial charge in [-0.3, -0.25) is 4.98 Å². The molecule has 2 atom stereocenters. The molecule has 0 radical (unpaired) electrons. The molecule has 3 heteroatoms. The summed E-state index contributed by atoms with van der Waals surface area (Å²) in [5.74, 6) is 0. The van der Waals surface area contributed by atoms with Crippen molar-refractivity contribution >= 4 is 0 Å². The zero-order valence-corrected chi connectivity index (χ0v) is 11.1. The van der Waals surface area contributed by atoms with Crippen LogP contribution in [0.4, 0.5) is 0 Å². The Bertz CT molecular complexity index is 362. The third-order valence-electron chi connectivity index (χ3n) is 3.45. The summed E-state index contributed by atoms with van der Waals surface area (Å²) < 4.78 is 0. The van der Waals surface area contributed by atoms with E-state index in [0.29, 0.717) is 12.1 Å². The van der Waals surface area contributed by atoms with Crippen LogP contribution in [0, 0.1) is 0 Å². The number of hydrogen-bond donors (Lipinski definition) is 1. The standard InChI is InChI=1S/C14H23N3/c1-11(8-10-17(2)3)16-13-7-6-12-5-4-9-15-14(12)13/h4-5,9,11,13,16H,6-8,10H2,1-3H3. The van der Waals surface area contributed by atoms with Gasteiger partial charge in [-0.25, -0.2) is 0 Å². The van der Waals surface area contributed by atoms with Crippen LogP contribution in [0.3, 0.4) is 0 Å². The molecule has 17 heavy (non-hydrogen) atoms. The van der Waals surface area contributed by atoms with Crippen molar-refractivity contribution < 1.29 is 0 Å². The molecule has 1 aliphatic carbocycles. The number of hydrogen-bond acceptors (Lipinski definition) is 3. The van der Waals surface area contributed by atoms with Crippen LogP contribution < -0.4 is 5.32 Å². The highest BCUT2D eigenvalue weighted by Gasteiger charge is 2.24. The number of nitrogens with zero attached hydrogens (tertiary/aromatic N) is 2. The van der Waals surface area contributed by atoms with Crippen molar-refractivity contribution in [3.63, 3.8) is 0 Å². The lowest BCUT2D eigenvalue weighted by atomic mass is 10.1. The van der Waals surface area contributed by atoms with Gasteiger partial charge in [-0.1, -0.05) is 6.07 Å². The van der Waals surface area contributed by atoms with E-state index in [9.17, 15) is 0 Å². The molecule has 0 spiro atoms. The second kappa shape index (κ2) is 5.61. The third kappa shape index (κ3) is 3.27. The summed E-state index contributed by atoms with van der Waals surface area (Å²) in [6, 6.07) is 5.25. The molecule has 1 aromatic heterocycles.